The van der Waals surface area contributed by atoms with E-state index in [-0.39, 0.29) is 36.4 Å². The van der Waals surface area contributed by atoms with Gasteiger partial charge in [-0.3, -0.25) is 4.79 Å². The van der Waals surface area contributed by atoms with Crippen molar-refractivity contribution in [2.45, 2.75) is 71.1 Å². The molecule has 2 aromatic rings. The Hall–Kier alpha value is -3.07. The first kappa shape index (κ1) is 28.0. The highest BCUT2D eigenvalue weighted by Gasteiger charge is 2.41. The monoisotopic (exact) mass is 529 g/mol. The van der Waals surface area contributed by atoms with Crippen molar-refractivity contribution in [3.8, 4) is 11.6 Å². The third-order valence-corrected chi connectivity index (χ3v) is 7.53. The first-order valence-electron chi connectivity index (χ1n) is 13.8. The summed E-state index contributed by atoms with van der Waals surface area (Å²) in [6, 6.07) is 8.51. The second-order valence-electron chi connectivity index (χ2n) is 10.1. The minimum atomic E-state index is -0.815. The average Bonchev–Trinajstić information content (AvgIpc) is 3.21. The van der Waals surface area contributed by atoms with Crippen LogP contribution in [-0.4, -0.2) is 67.2 Å². The highest BCUT2D eigenvalue weighted by atomic mass is 19.1. The van der Waals surface area contributed by atoms with Crippen LogP contribution in [0.5, 0.6) is 11.6 Å². The van der Waals surface area contributed by atoms with Crippen LogP contribution in [0.3, 0.4) is 0 Å². The van der Waals surface area contributed by atoms with Crippen molar-refractivity contribution in [3.05, 3.63) is 42.3 Å². The summed E-state index contributed by atoms with van der Waals surface area (Å²) < 4.78 is 32.2. The molecule has 2 saturated heterocycles. The van der Waals surface area contributed by atoms with Crippen molar-refractivity contribution in [3.63, 3.8) is 0 Å². The topological polar surface area (TPSA) is 84.4 Å². The summed E-state index contributed by atoms with van der Waals surface area (Å²) in [6.07, 6.45) is 5.36. The molecule has 2 fully saturated rings. The molecule has 0 radical (unpaired) electrons. The molecule has 0 amide bonds. The van der Waals surface area contributed by atoms with Crippen molar-refractivity contribution in [1.82, 2.24) is 4.98 Å². The van der Waals surface area contributed by atoms with Gasteiger partial charge in [0.2, 0.25) is 5.88 Å². The van der Waals surface area contributed by atoms with Gasteiger partial charge in [-0.05, 0) is 31.5 Å². The van der Waals surface area contributed by atoms with E-state index < -0.39 is 5.97 Å². The molecule has 3 heterocycles. The predicted octanol–water partition coefficient (Wildman–Crippen LogP) is 5.15. The lowest BCUT2D eigenvalue weighted by molar-refractivity contribution is -0.137. The largest absolute Gasteiger partial charge is 0.494 e. The number of carbonyl (C=O) groups is 1. The van der Waals surface area contributed by atoms with Crippen LogP contribution in [0.1, 0.15) is 52.9 Å². The van der Waals surface area contributed by atoms with Gasteiger partial charge >= 0.3 is 5.97 Å². The van der Waals surface area contributed by atoms with Gasteiger partial charge in [-0.2, -0.15) is 0 Å². The van der Waals surface area contributed by atoms with Gasteiger partial charge in [0.1, 0.15) is 17.7 Å². The highest BCUT2D eigenvalue weighted by molar-refractivity contribution is 5.69. The van der Waals surface area contributed by atoms with Crippen molar-refractivity contribution >= 4 is 17.3 Å². The molecule has 0 saturated carbocycles. The van der Waals surface area contributed by atoms with Crippen LogP contribution >= 0.6 is 0 Å². The van der Waals surface area contributed by atoms with E-state index in [9.17, 15) is 14.3 Å². The molecule has 1 aromatic carbocycles. The van der Waals surface area contributed by atoms with Gasteiger partial charge in [-0.1, -0.05) is 20.3 Å². The molecule has 8 nitrogen and oxygen atoms in total. The molecule has 1 N–H and O–H groups in total. The maximum absolute atomic E-state index is 14.4. The Kier molecular flexibility index (Phi) is 9.66. The van der Waals surface area contributed by atoms with Crippen LogP contribution in [0, 0.1) is 11.7 Å². The zero-order valence-electron chi connectivity index (χ0n) is 22.6. The molecular formula is C29H40FN3O5. The van der Waals surface area contributed by atoms with Gasteiger partial charge in [0.05, 0.1) is 36.7 Å². The highest BCUT2D eigenvalue weighted by Crippen LogP contribution is 2.34. The summed E-state index contributed by atoms with van der Waals surface area (Å²) in [6.45, 7) is 9.33. The number of rotatable bonds is 12. The van der Waals surface area contributed by atoms with Gasteiger partial charge in [-0.25, -0.2) is 9.37 Å². The molecule has 0 aliphatic carbocycles. The van der Waals surface area contributed by atoms with Crippen molar-refractivity contribution in [2.24, 2.45) is 5.92 Å². The first-order chi connectivity index (χ1) is 18.4. The molecule has 0 spiro atoms. The Morgan fingerprint density at radius 2 is 1.97 bits per heavy atom. The normalized spacial score (nSPS) is 22.1. The Labute approximate surface area is 224 Å². The van der Waals surface area contributed by atoms with Gasteiger partial charge in [-0.15, -0.1) is 0 Å². The number of carboxylic acids is 1. The summed E-state index contributed by atoms with van der Waals surface area (Å²) in [4.78, 5) is 20.2. The molecule has 4 rings (SSSR count). The van der Waals surface area contributed by atoms with Crippen LogP contribution in [0.15, 0.2) is 36.5 Å². The summed E-state index contributed by atoms with van der Waals surface area (Å²) >= 11 is 0. The van der Waals surface area contributed by atoms with Crippen molar-refractivity contribution in [1.29, 1.82) is 0 Å². The summed E-state index contributed by atoms with van der Waals surface area (Å²) in [5, 5.41) is 9.49. The maximum atomic E-state index is 14.4. The lowest BCUT2D eigenvalue weighted by Crippen LogP contribution is -2.38. The van der Waals surface area contributed by atoms with Crippen LogP contribution < -0.4 is 19.3 Å². The third-order valence-electron chi connectivity index (χ3n) is 7.53. The number of aliphatic carboxylic acids is 1. The summed E-state index contributed by atoms with van der Waals surface area (Å²) in [5.41, 5.74) is 1.43. The molecule has 38 heavy (non-hydrogen) atoms. The van der Waals surface area contributed by atoms with E-state index in [1.807, 2.05) is 24.0 Å². The van der Waals surface area contributed by atoms with Gasteiger partial charge in [0.15, 0.2) is 0 Å². The number of aromatic nitrogens is 1. The minimum absolute atomic E-state index is 0.00826. The molecule has 0 bridgehead atoms. The van der Waals surface area contributed by atoms with Crippen LogP contribution in [-0.2, 0) is 9.53 Å². The fraction of sp³-hybridized carbons (Fsp3) is 0.586. The lowest BCUT2D eigenvalue weighted by atomic mass is 9.97. The SMILES string of the molecule is CCCCO[C@H]1CN(c2ccc(OC3CCN(c4cc(OCC)ccc4F)CC3)nc2)[C@@H](CC(=O)O)[C@@H]1C. The smallest absolute Gasteiger partial charge is 0.305 e. The minimum Gasteiger partial charge on any atom is -0.494 e. The molecule has 208 valence electrons. The van der Waals surface area contributed by atoms with E-state index in [2.05, 4.69) is 23.7 Å². The number of pyridine rings is 1. The molecule has 0 unspecified atom stereocenters. The zero-order chi connectivity index (χ0) is 27.1. The summed E-state index contributed by atoms with van der Waals surface area (Å²) in [5.74, 6) is 0.242. The van der Waals surface area contributed by atoms with Crippen LogP contribution in [0.2, 0.25) is 0 Å². The second-order valence-corrected chi connectivity index (χ2v) is 10.1. The number of nitrogens with zero attached hydrogens (tertiary/aromatic N) is 3. The number of anilines is 2. The molecule has 9 heteroatoms. The number of unbranched alkanes of at least 4 members (excludes halogenated alkanes) is 1. The molecule has 2 aliphatic heterocycles. The Balaban J connectivity index is 1.35. The van der Waals surface area contributed by atoms with Crippen LogP contribution in [0.4, 0.5) is 15.8 Å². The van der Waals surface area contributed by atoms with Gasteiger partial charge in [0, 0.05) is 63.2 Å². The van der Waals surface area contributed by atoms with E-state index in [0.717, 1.165) is 31.4 Å². The lowest BCUT2D eigenvalue weighted by Gasteiger charge is -2.34. The van der Waals surface area contributed by atoms with Gasteiger partial charge < -0.3 is 29.1 Å². The summed E-state index contributed by atoms with van der Waals surface area (Å²) in [7, 11) is 0. The number of benzene rings is 1. The molecule has 1 aromatic heterocycles. The third kappa shape index (κ3) is 6.87. The molecule has 3 atom stereocenters. The second kappa shape index (κ2) is 13.1. The van der Waals surface area contributed by atoms with Crippen molar-refractivity contribution in [2.75, 3.05) is 42.6 Å². The van der Waals surface area contributed by atoms with E-state index >= 15 is 0 Å². The Bertz CT molecular complexity index is 1050. The molecular weight excluding hydrogens is 489 g/mol. The average molecular weight is 530 g/mol. The number of piperidine rings is 1. The number of hydrogen-bond acceptors (Lipinski definition) is 7. The number of ether oxygens (including phenoxy) is 3. The van der Waals surface area contributed by atoms with Crippen molar-refractivity contribution < 1.29 is 28.5 Å². The number of carboxylic acid groups (broad SMARTS) is 1. The standard InChI is InChI=1S/C29H40FN3O5/c1-4-6-15-37-27-19-33(25(20(27)3)17-29(34)35)21-7-10-28(31-18-21)38-22-11-13-32(14-12-22)26-16-23(36-5-2)8-9-24(26)30/h7-10,16,18,20,22,25,27H,4-6,11-15,17,19H2,1-3H3,(H,34,35)/t20-,25-,27-/m0/s1. The number of hydrogen-bond donors (Lipinski definition) is 1. The first-order valence-corrected chi connectivity index (χ1v) is 13.8. The van der Waals surface area contributed by atoms with E-state index in [1.54, 1.807) is 18.3 Å². The Morgan fingerprint density at radius 3 is 2.63 bits per heavy atom. The fourth-order valence-corrected chi connectivity index (χ4v) is 5.37. The maximum Gasteiger partial charge on any atom is 0.305 e. The van der Waals surface area contributed by atoms with E-state index in [0.29, 0.717) is 50.2 Å². The predicted molar refractivity (Wildman–Crippen MR) is 145 cm³/mol. The quantitative estimate of drug-likeness (QED) is 0.378. The number of halogens is 1. The van der Waals surface area contributed by atoms with E-state index in [1.165, 1.54) is 6.07 Å². The Morgan fingerprint density at radius 1 is 1.18 bits per heavy atom. The van der Waals surface area contributed by atoms with E-state index in [4.69, 9.17) is 14.2 Å². The van der Waals surface area contributed by atoms with Crippen LogP contribution in [0.25, 0.3) is 0 Å². The fourth-order valence-electron chi connectivity index (χ4n) is 5.37. The van der Waals surface area contributed by atoms with Gasteiger partial charge in [0.25, 0.3) is 0 Å². The molecule has 2 aliphatic rings. The zero-order valence-corrected chi connectivity index (χ0v) is 22.6.